The van der Waals surface area contributed by atoms with E-state index in [9.17, 15) is 5.11 Å². The van der Waals surface area contributed by atoms with E-state index in [1.54, 1.807) is 0 Å². The Hall–Kier alpha value is -0.340. The monoisotopic (exact) mass is 240 g/mol. The van der Waals surface area contributed by atoms with Gasteiger partial charge in [0.25, 0.3) is 0 Å². The summed E-state index contributed by atoms with van der Waals surface area (Å²) in [6.45, 7) is 4.35. The van der Waals surface area contributed by atoms with E-state index < -0.39 is 0 Å². The summed E-state index contributed by atoms with van der Waals surface area (Å²) in [5, 5.41) is 9.87. The first-order valence-corrected chi connectivity index (χ1v) is 5.28. The Morgan fingerprint density at radius 3 is 2.77 bits per heavy atom. The number of aliphatic hydroxyl groups excluding tert-OH is 1. The van der Waals surface area contributed by atoms with Gasteiger partial charge in [-0.3, -0.25) is 0 Å². The lowest BCUT2D eigenvalue weighted by molar-refractivity contribution is 0.161. The Labute approximate surface area is 86.9 Å². The van der Waals surface area contributed by atoms with Crippen LogP contribution < -0.4 is 0 Å². The predicted molar refractivity (Wildman–Crippen MR) is 56.7 cm³/mol. The molecule has 1 aliphatic carbocycles. The quantitative estimate of drug-likeness (QED) is 0.739. The van der Waals surface area contributed by atoms with Gasteiger partial charge in [-0.05, 0) is 29.0 Å². The van der Waals surface area contributed by atoms with Gasteiger partial charge in [0, 0.05) is 4.47 Å². The van der Waals surface area contributed by atoms with Crippen molar-refractivity contribution >= 4 is 15.9 Å². The molecule has 0 amide bonds. The second kappa shape index (κ2) is 2.82. The van der Waals surface area contributed by atoms with Crippen molar-refractivity contribution in [2.45, 2.75) is 31.8 Å². The van der Waals surface area contributed by atoms with E-state index in [0.717, 1.165) is 16.5 Å². The van der Waals surface area contributed by atoms with Crippen LogP contribution >= 0.6 is 15.9 Å². The number of aliphatic hydroxyl groups is 1. The third kappa shape index (κ3) is 1.32. The molecule has 0 saturated heterocycles. The van der Waals surface area contributed by atoms with Crippen molar-refractivity contribution in [3.8, 4) is 0 Å². The smallest absolute Gasteiger partial charge is 0.0812 e. The Kier molecular flexibility index (Phi) is 2.00. The number of halogens is 1. The molecule has 1 aliphatic rings. The second-order valence-corrected chi connectivity index (χ2v) is 5.16. The van der Waals surface area contributed by atoms with Crippen LogP contribution in [0, 0.1) is 0 Å². The fourth-order valence-electron chi connectivity index (χ4n) is 2.16. The number of benzene rings is 1. The minimum absolute atomic E-state index is 0.110. The molecule has 0 radical (unpaired) electrons. The van der Waals surface area contributed by atoms with Gasteiger partial charge in [-0.15, -0.1) is 0 Å². The highest BCUT2D eigenvalue weighted by Gasteiger charge is 2.36. The fraction of sp³-hybridized carbons (Fsp3) is 0.455. The highest BCUT2D eigenvalue weighted by Crippen LogP contribution is 2.46. The molecule has 0 spiro atoms. The molecule has 1 aromatic carbocycles. The second-order valence-electron chi connectivity index (χ2n) is 4.30. The van der Waals surface area contributed by atoms with E-state index >= 15 is 0 Å². The van der Waals surface area contributed by atoms with Crippen LogP contribution in [0.4, 0.5) is 0 Å². The molecule has 2 rings (SSSR count). The maximum absolute atomic E-state index is 9.87. The average Bonchev–Trinajstić information content (AvgIpc) is 2.24. The highest BCUT2D eigenvalue weighted by molar-refractivity contribution is 9.10. The lowest BCUT2D eigenvalue weighted by atomic mass is 9.87. The zero-order valence-electron chi connectivity index (χ0n) is 7.84. The highest BCUT2D eigenvalue weighted by atomic mass is 79.9. The van der Waals surface area contributed by atoms with Gasteiger partial charge in [-0.25, -0.2) is 0 Å². The Bertz CT molecular complexity index is 344. The first-order valence-electron chi connectivity index (χ1n) is 4.49. The molecule has 2 heteroatoms. The molecular weight excluding hydrogens is 228 g/mol. The Balaban J connectivity index is 2.65. The predicted octanol–water partition coefficient (Wildman–Crippen LogP) is 3.16. The van der Waals surface area contributed by atoms with E-state index in [4.69, 9.17) is 0 Å². The van der Waals surface area contributed by atoms with E-state index in [0.29, 0.717) is 0 Å². The summed E-state index contributed by atoms with van der Waals surface area (Å²) in [5.41, 5.74) is 2.46. The zero-order chi connectivity index (χ0) is 9.64. The first-order chi connectivity index (χ1) is 6.02. The van der Waals surface area contributed by atoms with Crippen LogP contribution in [0.2, 0.25) is 0 Å². The van der Waals surface area contributed by atoms with E-state index in [1.165, 1.54) is 5.56 Å². The number of hydrogen-bond acceptors (Lipinski definition) is 1. The van der Waals surface area contributed by atoms with Crippen molar-refractivity contribution in [2.75, 3.05) is 0 Å². The van der Waals surface area contributed by atoms with Gasteiger partial charge in [0.05, 0.1) is 6.10 Å². The molecule has 0 fully saturated rings. The largest absolute Gasteiger partial charge is 0.388 e. The van der Waals surface area contributed by atoms with E-state index in [1.807, 2.05) is 12.1 Å². The Morgan fingerprint density at radius 2 is 2.15 bits per heavy atom. The van der Waals surface area contributed by atoms with Crippen LogP contribution in [0.5, 0.6) is 0 Å². The molecular formula is C11H13BrO. The van der Waals surface area contributed by atoms with Crippen LogP contribution in [-0.4, -0.2) is 5.11 Å². The molecule has 1 nitrogen and oxygen atoms in total. The lowest BCUT2D eigenvalue weighted by Crippen LogP contribution is -2.12. The van der Waals surface area contributed by atoms with Gasteiger partial charge in [0.1, 0.15) is 0 Å². The molecule has 1 N–H and O–H groups in total. The maximum atomic E-state index is 9.87. The summed E-state index contributed by atoms with van der Waals surface area (Å²) in [7, 11) is 0. The van der Waals surface area contributed by atoms with Gasteiger partial charge in [-0.1, -0.05) is 41.9 Å². The maximum Gasteiger partial charge on any atom is 0.0812 e. The summed E-state index contributed by atoms with van der Waals surface area (Å²) in [6, 6.07) is 6.13. The van der Waals surface area contributed by atoms with Crippen LogP contribution in [-0.2, 0) is 5.41 Å². The lowest BCUT2D eigenvalue weighted by Gasteiger charge is -2.18. The van der Waals surface area contributed by atoms with Crippen LogP contribution in [0.25, 0.3) is 0 Å². The van der Waals surface area contributed by atoms with Crippen molar-refractivity contribution in [3.05, 3.63) is 33.8 Å². The van der Waals surface area contributed by atoms with Crippen LogP contribution in [0.1, 0.15) is 37.5 Å². The molecule has 70 valence electrons. The zero-order valence-corrected chi connectivity index (χ0v) is 9.43. The summed E-state index contributed by atoms with van der Waals surface area (Å²) >= 11 is 3.48. The van der Waals surface area contributed by atoms with Crippen molar-refractivity contribution in [1.29, 1.82) is 0 Å². The third-order valence-corrected chi connectivity index (χ3v) is 3.51. The molecule has 1 atom stereocenters. The molecule has 0 saturated carbocycles. The number of hydrogen-bond donors (Lipinski definition) is 1. The van der Waals surface area contributed by atoms with Gasteiger partial charge >= 0.3 is 0 Å². The number of fused-ring (bicyclic) bond motifs is 1. The molecule has 0 bridgehead atoms. The first kappa shape index (κ1) is 9.22. The van der Waals surface area contributed by atoms with Crippen LogP contribution in [0.15, 0.2) is 22.7 Å². The molecule has 13 heavy (non-hydrogen) atoms. The van der Waals surface area contributed by atoms with E-state index in [2.05, 4.69) is 35.8 Å². The standard InChI is InChI=1S/C11H13BrO/c1-11(2)6-9(13)10-7(11)4-3-5-8(10)12/h3-5,9,13H,6H2,1-2H3. The van der Waals surface area contributed by atoms with E-state index in [-0.39, 0.29) is 11.5 Å². The van der Waals surface area contributed by atoms with Crippen molar-refractivity contribution in [2.24, 2.45) is 0 Å². The normalized spacial score (nSPS) is 24.5. The van der Waals surface area contributed by atoms with Gasteiger partial charge < -0.3 is 5.11 Å². The minimum atomic E-state index is -0.305. The minimum Gasteiger partial charge on any atom is -0.388 e. The summed E-state index contributed by atoms with van der Waals surface area (Å²) in [5.74, 6) is 0. The summed E-state index contributed by atoms with van der Waals surface area (Å²) in [4.78, 5) is 0. The topological polar surface area (TPSA) is 20.2 Å². The third-order valence-electron chi connectivity index (χ3n) is 2.82. The van der Waals surface area contributed by atoms with Crippen LogP contribution in [0.3, 0.4) is 0 Å². The van der Waals surface area contributed by atoms with Crippen molar-refractivity contribution in [1.82, 2.24) is 0 Å². The SMILES string of the molecule is CC1(C)CC(O)c2c(Br)cccc21. The average molecular weight is 241 g/mol. The molecule has 0 aromatic heterocycles. The fourth-order valence-corrected chi connectivity index (χ4v) is 2.79. The number of rotatable bonds is 0. The van der Waals surface area contributed by atoms with Gasteiger partial charge in [0.2, 0.25) is 0 Å². The van der Waals surface area contributed by atoms with Crippen molar-refractivity contribution < 1.29 is 5.11 Å². The van der Waals surface area contributed by atoms with Gasteiger partial charge in [0.15, 0.2) is 0 Å². The molecule has 1 unspecified atom stereocenters. The van der Waals surface area contributed by atoms with Crippen molar-refractivity contribution in [3.63, 3.8) is 0 Å². The molecule has 1 aromatic rings. The molecule has 0 heterocycles. The molecule has 0 aliphatic heterocycles. The van der Waals surface area contributed by atoms with Gasteiger partial charge in [-0.2, -0.15) is 0 Å². The Morgan fingerprint density at radius 1 is 1.46 bits per heavy atom. The summed E-state index contributed by atoms with van der Waals surface area (Å²) < 4.78 is 1.03. The summed E-state index contributed by atoms with van der Waals surface area (Å²) in [6.07, 6.45) is 0.519.